The maximum absolute atomic E-state index is 12.5. The monoisotopic (exact) mass is 391 g/mol. The van der Waals surface area contributed by atoms with E-state index in [-0.39, 0.29) is 24.2 Å². The van der Waals surface area contributed by atoms with Gasteiger partial charge in [-0.25, -0.2) is 4.98 Å². The van der Waals surface area contributed by atoms with Gasteiger partial charge in [0.05, 0.1) is 35.9 Å². The Hall–Kier alpha value is -2.32. The Labute approximate surface area is 162 Å². The molecule has 1 amide bonds. The van der Waals surface area contributed by atoms with Crippen molar-refractivity contribution >= 4 is 23.4 Å². The molecule has 0 aliphatic carbocycles. The molecular weight excluding hydrogens is 366 g/mol. The molecule has 1 heterocycles. The Morgan fingerprint density at radius 2 is 2.04 bits per heavy atom. The van der Waals surface area contributed by atoms with E-state index < -0.39 is 5.25 Å². The van der Waals surface area contributed by atoms with Gasteiger partial charge in [0.2, 0.25) is 5.91 Å². The zero-order valence-corrected chi connectivity index (χ0v) is 16.8. The van der Waals surface area contributed by atoms with E-state index in [0.717, 1.165) is 0 Å². The predicted octanol–water partition coefficient (Wildman–Crippen LogP) is 3.21. The summed E-state index contributed by atoms with van der Waals surface area (Å²) in [6.07, 6.45) is 0.0392. The molecule has 2 aromatic rings. The highest BCUT2D eigenvalue weighted by Gasteiger charge is 2.18. The maximum Gasteiger partial charge on any atom is 0.251 e. The van der Waals surface area contributed by atoms with Crippen LogP contribution in [-0.2, 0) is 16.1 Å². The van der Waals surface area contributed by atoms with Crippen LogP contribution in [0.5, 0.6) is 5.75 Å². The molecule has 0 saturated carbocycles. The van der Waals surface area contributed by atoms with Gasteiger partial charge < -0.3 is 19.8 Å². The minimum Gasteiger partial charge on any atom is -0.492 e. The largest absolute Gasteiger partial charge is 0.492 e. The van der Waals surface area contributed by atoms with Crippen molar-refractivity contribution in [3.05, 3.63) is 46.4 Å². The van der Waals surface area contributed by atoms with Crippen molar-refractivity contribution in [1.29, 1.82) is 0 Å². The van der Waals surface area contributed by atoms with Gasteiger partial charge in [0.15, 0.2) is 5.16 Å². The first-order chi connectivity index (χ1) is 12.9. The summed E-state index contributed by atoms with van der Waals surface area (Å²) in [6, 6.07) is 8.65. The minimum atomic E-state index is -0.468. The first-order valence-electron chi connectivity index (χ1n) is 8.80. The summed E-state index contributed by atoms with van der Waals surface area (Å²) < 4.78 is 11.0. The number of hydrogen-bond donors (Lipinski definition) is 2. The lowest BCUT2D eigenvalue weighted by Gasteiger charge is -2.14. The minimum absolute atomic E-state index is 0.0392. The number of aromatic nitrogens is 2. The standard InChI is InChI=1S/C19H25N3O4S/c1-5-25-16-9-7-6-8-15(16)21-18(24)13(4)27-19-20-14(10-17(23)22-19)11-26-12(2)3/h6-10,12-13H,5,11H2,1-4H3,(H,21,24)(H,20,22,23). The number of carbonyl (C=O) groups is 1. The van der Waals surface area contributed by atoms with E-state index in [4.69, 9.17) is 9.47 Å². The van der Waals surface area contributed by atoms with E-state index in [1.54, 1.807) is 19.1 Å². The molecule has 0 radical (unpaired) electrons. The van der Waals surface area contributed by atoms with Crippen molar-refractivity contribution < 1.29 is 14.3 Å². The van der Waals surface area contributed by atoms with Crippen molar-refractivity contribution in [3.63, 3.8) is 0 Å². The zero-order valence-electron chi connectivity index (χ0n) is 15.9. The molecule has 146 valence electrons. The average Bonchev–Trinajstić information content (AvgIpc) is 2.61. The second kappa shape index (κ2) is 10.1. The van der Waals surface area contributed by atoms with E-state index >= 15 is 0 Å². The molecule has 1 atom stereocenters. The summed E-state index contributed by atoms with van der Waals surface area (Å²) in [5, 5.41) is 2.77. The number of para-hydroxylation sites is 2. The lowest BCUT2D eigenvalue weighted by Crippen LogP contribution is -2.23. The molecule has 8 heteroatoms. The number of thioether (sulfide) groups is 1. The topological polar surface area (TPSA) is 93.3 Å². The fourth-order valence-electron chi connectivity index (χ4n) is 2.17. The van der Waals surface area contributed by atoms with Crippen LogP contribution < -0.4 is 15.6 Å². The molecule has 0 fully saturated rings. The van der Waals surface area contributed by atoms with Gasteiger partial charge in [0.1, 0.15) is 5.75 Å². The summed E-state index contributed by atoms with van der Waals surface area (Å²) in [7, 11) is 0. The van der Waals surface area contributed by atoms with Gasteiger partial charge in [-0.05, 0) is 39.8 Å². The fourth-order valence-corrected chi connectivity index (χ4v) is 3.00. The number of aromatic amines is 1. The van der Waals surface area contributed by atoms with Crippen molar-refractivity contribution in [2.45, 2.75) is 50.8 Å². The van der Waals surface area contributed by atoms with Crippen LogP contribution in [0.2, 0.25) is 0 Å². The van der Waals surface area contributed by atoms with Crippen LogP contribution in [0.4, 0.5) is 5.69 Å². The quantitative estimate of drug-likeness (QED) is 0.504. The summed E-state index contributed by atoms with van der Waals surface area (Å²) in [4.78, 5) is 31.4. The first-order valence-corrected chi connectivity index (χ1v) is 9.68. The van der Waals surface area contributed by atoms with Crippen LogP contribution >= 0.6 is 11.8 Å². The Balaban J connectivity index is 2.05. The number of nitrogens with zero attached hydrogens (tertiary/aromatic N) is 1. The smallest absolute Gasteiger partial charge is 0.251 e. The van der Waals surface area contributed by atoms with Crippen LogP contribution in [0.1, 0.15) is 33.4 Å². The third-order valence-electron chi connectivity index (χ3n) is 3.44. The van der Waals surface area contributed by atoms with E-state index in [1.807, 2.05) is 32.9 Å². The van der Waals surface area contributed by atoms with E-state index in [9.17, 15) is 9.59 Å². The number of rotatable bonds is 9. The number of anilines is 1. The van der Waals surface area contributed by atoms with Gasteiger partial charge in [-0.15, -0.1) is 0 Å². The molecule has 0 saturated heterocycles. The SMILES string of the molecule is CCOc1ccccc1NC(=O)C(C)Sc1nc(COC(C)C)cc(=O)[nH]1. The molecule has 0 spiro atoms. The molecule has 2 rings (SSSR count). The highest BCUT2D eigenvalue weighted by Crippen LogP contribution is 2.26. The van der Waals surface area contributed by atoms with Gasteiger partial charge in [-0.3, -0.25) is 9.59 Å². The van der Waals surface area contributed by atoms with Crippen molar-refractivity contribution in [2.75, 3.05) is 11.9 Å². The van der Waals surface area contributed by atoms with Gasteiger partial charge >= 0.3 is 0 Å². The summed E-state index contributed by atoms with van der Waals surface area (Å²) in [5.41, 5.74) is 0.866. The third kappa shape index (κ3) is 6.73. The molecule has 0 aliphatic rings. The number of nitrogens with one attached hydrogen (secondary N) is 2. The van der Waals surface area contributed by atoms with Gasteiger partial charge in [-0.2, -0.15) is 0 Å². The zero-order chi connectivity index (χ0) is 19.8. The summed E-state index contributed by atoms with van der Waals surface area (Å²) >= 11 is 1.18. The second-order valence-corrected chi connectivity index (χ2v) is 7.41. The number of ether oxygens (including phenoxy) is 2. The Morgan fingerprint density at radius 1 is 1.30 bits per heavy atom. The Bertz CT molecular complexity index is 823. The summed E-state index contributed by atoms with van der Waals surface area (Å²) in [6.45, 7) is 8.21. The van der Waals surface area contributed by atoms with Gasteiger partial charge in [0, 0.05) is 6.07 Å². The molecule has 1 unspecified atom stereocenters. The first kappa shape index (κ1) is 21.0. The van der Waals surface area contributed by atoms with Crippen molar-refractivity contribution in [1.82, 2.24) is 9.97 Å². The van der Waals surface area contributed by atoms with Gasteiger partial charge in [0.25, 0.3) is 5.56 Å². The van der Waals surface area contributed by atoms with Crippen molar-refractivity contribution in [3.8, 4) is 5.75 Å². The van der Waals surface area contributed by atoms with Crippen LogP contribution in [0.3, 0.4) is 0 Å². The van der Waals surface area contributed by atoms with Crippen molar-refractivity contribution in [2.24, 2.45) is 0 Å². The normalized spacial score (nSPS) is 12.0. The number of H-pyrrole nitrogens is 1. The molecule has 0 bridgehead atoms. The molecular formula is C19H25N3O4S. The molecule has 27 heavy (non-hydrogen) atoms. The molecule has 1 aromatic carbocycles. The highest BCUT2D eigenvalue weighted by molar-refractivity contribution is 8.00. The third-order valence-corrected chi connectivity index (χ3v) is 4.42. The fraction of sp³-hybridized carbons (Fsp3) is 0.421. The van der Waals surface area contributed by atoms with Crippen LogP contribution in [0.25, 0.3) is 0 Å². The predicted molar refractivity (Wildman–Crippen MR) is 106 cm³/mol. The van der Waals surface area contributed by atoms with Gasteiger partial charge in [-0.1, -0.05) is 23.9 Å². The average molecular weight is 391 g/mol. The number of hydrogen-bond acceptors (Lipinski definition) is 6. The summed E-state index contributed by atoms with van der Waals surface area (Å²) in [5.74, 6) is 0.406. The van der Waals surface area contributed by atoms with Crippen LogP contribution in [0, 0.1) is 0 Å². The van der Waals surface area contributed by atoms with Crippen LogP contribution in [-0.4, -0.2) is 33.8 Å². The number of carbonyl (C=O) groups excluding carboxylic acids is 1. The molecule has 7 nitrogen and oxygen atoms in total. The Kier molecular flexibility index (Phi) is 7.87. The molecule has 0 aliphatic heterocycles. The molecule has 1 aromatic heterocycles. The van der Waals surface area contributed by atoms with E-state index in [2.05, 4.69) is 15.3 Å². The van der Waals surface area contributed by atoms with E-state index in [0.29, 0.717) is 28.9 Å². The lowest BCUT2D eigenvalue weighted by molar-refractivity contribution is -0.115. The molecule has 2 N–H and O–H groups in total. The van der Waals surface area contributed by atoms with Crippen LogP contribution in [0.15, 0.2) is 40.3 Å². The highest BCUT2D eigenvalue weighted by atomic mass is 32.2. The maximum atomic E-state index is 12.5. The lowest BCUT2D eigenvalue weighted by atomic mass is 10.3. The Morgan fingerprint density at radius 3 is 2.74 bits per heavy atom. The second-order valence-electron chi connectivity index (χ2n) is 6.08. The number of benzene rings is 1. The van der Waals surface area contributed by atoms with E-state index in [1.165, 1.54) is 17.8 Å². The number of amides is 1.